The van der Waals surface area contributed by atoms with Crippen LogP contribution in [-0.2, 0) is 17.9 Å². The first-order valence-electron chi connectivity index (χ1n) is 10.1. The monoisotopic (exact) mass is 408 g/mol. The third kappa shape index (κ3) is 5.11. The number of piperazine rings is 1. The van der Waals surface area contributed by atoms with Crippen molar-refractivity contribution in [3.8, 4) is 0 Å². The van der Waals surface area contributed by atoms with E-state index in [9.17, 15) is 14.0 Å². The van der Waals surface area contributed by atoms with Gasteiger partial charge in [0.05, 0.1) is 12.1 Å². The molecule has 0 spiro atoms. The molecule has 0 bridgehead atoms. The van der Waals surface area contributed by atoms with Gasteiger partial charge >= 0.3 is 0 Å². The molecule has 1 aliphatic heterocycles. The maximum atomic E-state index is 13.3. The van der Waals surface area contributed by atoms with E-state index in [1.165, 1.54) is 12.1 Å². The summed E-state index contributed by atoms with van der Waals surface area (Å²) < 4.78 is 13.3. The quantitative estimate of drug-likeness (QED) is 0.656. The average molecular weight is 408 g/mol. The van der Waals surface area contributed by atoms with E-state index in [-0.39, 0.29) is 17.3 Å². The molecule has 0 atom stereocenters. The zero-order valence-electron chi connectivity index (χ0n) is 16.7. The fourth-order valence-electron chi connectivity index (χ4n) is 3.74. The van der Waals surface area contributed by atoms with Gasteiger partial charge in [-0.25, -0.2) is 4.39 Å². The Kier molecular flexibility index (Phi) is 6.21. The van der Waals surface area contributed by atoms with E-state index in [2.05, 4.69) is 20.1 Å². The van der Waals surface area contributed by atoms with Crippen LogP contribution in [0.2, 0.25) is 0 Å². The molecular formula is C23H25FN4O2. The Balaban J connectivity index is 1.27. The first-order chi connectivity index (χ1) is 14.6. The molecular weight excluding hydrogens is 383 g/mol. The molecule has 2 aromatic carbocycles. The third-order valence-corrected chi connectivity index (χ3v) is 5.44. The molecule has 4 rings (SSSR count). The molecule has 0 saturated carbocycles. The summed E-state index contributed by atoms with van der Waals surface area (Å²) in [6.45, 7) is 4.57. The Morgan fingerprint density at radius 1 is 1.00 bits per heavy atom. The predicted octanol–water partition coefficient (Wildman–Crippen LogP) is 2.10. The van der Waals surface area contributed by atoms with Gasteiger partial charge in [-0.2, -0.15) is 0 Å². The highest BCUT2D eigenvalue weighted by Crippen LogP contribution is 2.14. The molecule has 1 amide bonds. The minimum Gasteiger partial charge on any atom is -0.351 e. The van der Waals surface area contributed by atoms with E-state index >= 15 is 0 Å². The van der Waals surface area contributed by atoms with E-state index in [1.807, 2.05) is 36.4 Å². The van der Waals surface area contributed by atoms with Crippen molar-refractivity contribution in [2.45, 2.75) is 13.1 Å². The molecule has 7 heteroatoms. The molecule has 1 saturated heterocycles. The van der Waals surface area contributed by atoms with Crippen LogP contribution in [0.4, 0.5) is 4.39 Å². The molecule has 1 aromatic heterocycles. The van der Waals surface area contributed by atoms with E-state index in [1.54, 1.807) is 6.07 Å². The number of hydrogen-bond donors (Lipinski definition) is 2. The topological polar surface area (TPSA) is 68.4 Å². The van der Waals surface area contributed by atoms with Crippen molar-refractivity contribution in [2.75, 3.05) is 32.7 Å². The number of aromatic amines is 1. The number of fused-ring (bicyclic) bond motifs is 1. The van der Waals surface area contributed by atoms with Gasteiger partial charge in [-0.15, -0.1) is 0 Å². The molecule has 1 aliphatic rings. The van der Waals surface area contributed by atoms with Gasteiger partial charge < -0.3 is 10.3 Å². The van der Waals surface area contributed by atoms with Crippen molar-refractivity contribution < 1.29 is 9.18 Å². The van der Waals surface area contributed by atoms with Gasteiger partial charge in [0.25, 0.3) is 5.56 Å². The second kappa shape index (κ2) is 9.19. The number of H-pyrrole nitrogens is 1. The second-order valence-electron chi connectivity index (χ2n) is 7.67. The lowest BCUT2D eigenvalue weighted by atomic mass is 10.1. The molecule has 30 heavy (non-hydrogen) atoms. The molecule has 0 unspecified atom stereocenters. The SMILES string of the molecule is O=C(CN1CCN(Cc2cc3ccc(F)cc3[nH]c2=O)CC1)NCc1ccccc1. The number of pyridine rings is 1. The summed E-state index contributed by atoms with van der Waals surface area (Å²) in [4.78, 5) is 31.7. The highest BCUT2D eigenvalue weighted by Gasteiger charge is 2.20. The van der Waals surface area contributed by atoms with Crippen LogP contribution >= 0.6 is 0 Å². The van der Waals surface area contributed by atoms with E-state index < -0.39 is 0 Å². The Labute approximate surface area is 174 Å². The molecule has 3 aromatic rings. The maximum absolute atomic E-state index is 13.3. The first kappa shape index (κ1) is 20.3. The van der Waals surface area contributed by atoms with Crippen molar-refractivity contribution in [1.82, 2.24) is 20.1 Å². The Morgan fingerprint density at radius 2 is 1.73 bits per heavy atom. The van der Waals surface area contributed by atoms with Gasteiger partial charge in [0.2, 0.25) is 5.91 Å². The van der Waals surface area contributed by atoms with Gasteiger partial charge in [-0.1, -0.05) is 30.3 Å². The van der Waals surface area contributed by atoms with Crippen molar-refractivity contribution in [1.29, 1.82) is 0 Å². The smallest absolute Gasteiger partial charge is 0.252 e. The number of halogens is 1. The van der Waals surface area contributed by atoms with E-state index in [4.69, 9.17) is 0 Å². The lowest BCUT2D eigenvalue weighted by Gasteiger charge is -2.34. The van der Waals surface area contributed by atoms with Crippen molar-refractivity contribution in [3.63, 3.8) is 0 Å². The third-order valence-electron chi connectivity index (χ3n) is 5.44. The molecule has 1 fully saturated rings. The summed E-state index contributed by atoms with van der Waals surface area (Å²) >= 11 is 0. The number of aromatic nitrogens is 1. The Hall–Kier alpha value is -3.03. The van der Waals surface area contributed by atoms with Crippen LogP contribution in [0.3, 0.4) is 0 Å². The molecule has 0 aliphatic carbocycles. The number of nitrogens with zero attached hydrogens (tertiary/aromatic N) is 2. The molecule has 2 heterocycles. The van der Waals surface area contributed by atoms with Crippen molar-refractivity contribution >= 4 is 16.8 Å². The van der Waals surface area contributed by atoms with Crippen LogP contribution in [-0.4, -0.2) is 53.4 Å². The second-order valence-corrected chi connectivity index (χ2v) is 7.67. The number of rotatable bonds is 6. The van der Waals surface area contributed by atoms with Crippen LogP contribution in [0.5, 0.6) is 0 Å². The van der Waals surface area contributed by atoms with Gasteiger partial charge in [0.1, 0.15) is 5.82 Å². The maximum Gasteiger partial charge on any atom is 0.252 e. The highest BCUT2D eigenvalue weighted by molar-refractivity contribution is 5.79. The number of benzene rings is 2. The molecule has 0 radical (unpaired) electrons. The average Bonchev–Trinajstić information content (AvgIpc) is 2.75. The van der Waals surface area contributed by atoms with E-state index in [0.29, 0.717) is 30.7 Å². The standard InChI is InChI=1S/C23H25FN4O2/c24-20-7-6-18-12-19(23(30)26-21(18)13-20)15-27-8-10-28(11-9-27)16-22(29)25-14-17-4-2-1-3-5-17/h1-7,12-13H,8-11,14-16H2,(H,25,29)(H,26,30). The number of hydrogen-bond acceptors (Lipinski definition) is 4. The van der Waals surface area contributed by atoms with Gasteiger partial charge in [0, 0.05) is 44.8 Å². The zero-order valence-corrected chi connectivity index (χ0v) is 16.7. The molecule has 156 valence electrons. The van der Waals surface area contributed by atoms with E-state index in [0.717, 1.165) is 37.1 Å². The van der Waals surface area contributed by atoms with Crippen LogP contribution in [0, 0.1) is 5.82 Å². The lowest BCUT2D eigenvalue weighted by Crippen LogP contribution is -2.49. The van der Waals surface area contributed by atoms with Gasteiger partial charge in [-0.05, 0) is 35.2 Å². The summed E-state index contributed by atoms with van der Waals surface area (Å²) in [5.41, 5.74) is 2.08. The molecule has 2 N–H and O–H groups in total. The number of nitrogens with one attached hydrogen (secondary N) is 2. The minimum atomic E-state index is -0.366. The number of carbonyl (C=O) groups is 1. The summed E-state index contributed by atoms with van der Waals surface area (Å²) in [6.07, 6.45) is 0. The minimum absolute atomic E-state index is 0.0190. The van der Waals surface area contributed by atoms with Gasteiger partial charge in [-0.3, -0.25) is 19.4 Å². The van der Waals surface area contributed by atoms with Gasteiger partial charge in [0.15, 0.2) is 0 Å². The summed E-state index contributed by atoms with van der Waals surface area (Å²) in [7, 11) is 0. The van der Waals surface area contributed by atoms with Crippen LogP contribution in [0.15, 0.2) is 59.4 Å². The summed E-state index contributed by atoms with van der Waals surface area (Å²) in [5, 5.41) is 3.78. The summed E-state index contributed by atoms with van der Waals surface area (Å²) in [5.74, 6) is -0.347. The number of amides is 1. The Bertz CT molecular complexity index is 1080. The van der Waals surface area contributed by atoms with Crippen molar-refractivity contribution in [3.05, 3.63) is 81.9 Å². The predicted molar refractivity (Wildman–Crippen MR) is 115 cm³/mol. The first-order valence-corrected chi connectivity index (χ1v) is 10.1. The fraction of sp³-hybridized carbons (Fsp3) is 0.304. The van der Waals surface area contributed by atoms with Crippen LogP contribution in [0.25, 0.3) is 10.9 Å². The highest BCUT2D eigenvalue weighted by atomic mass is 19.1. The fourth-order valence-corrected chi connectivity index (χ4v) is 3.74. The zero-order chi connectivity index (χ0) is 20.9. The lowest BCUT2D eigenvalue weighted by molar-refractivity contribution is -0.122. The number of carbonyl (C=O) groups excluding carboxylic acids is 1. The molecule has 6 nitrogen and oxygen atoms in total. The normalized spacial score (nSPS) is 15.4. The van der Waals surface area contributed by atoms with Crippen molar-refractivity contribution in [2.24, 2.45) is 0 Å². The summed E-state index contributed by atoms with van der Waals surface area (Å²) in [6, 6.07) is 16.1. The van der Waals surface area contributed by atoms with Crippen LogP contribution < -0.4 is 10.9 Å². The van der Waals surface area contributed by atoms with Crippen LogP contribution in [0.1, 0.15) is 11.1 Å². The Morgan fingerprint density at radius 3 is 2.50 bits per heavy atom. The largest absolute Gasteiger partial charge is 0.351 e.